The van der Waals surface area contributed by atoms with E-state index in [2.05, 4.69) is 4.98 Å². The second kappa shape index (κ2) is 9.69. The van der Waals surface area contributed by atoms with Crippen LogP contribution >= 0.6 is 0 Å². The highest BCUT2D eigenvalue weighted by atomic mass is 19.1. The fraction of sp³-hybridized carbons (Fsp3) is 0.556. The lowest BCUT2D eigenvalue weighted by Gasteiger charge is -2.17. The van der Waals surface area contributed by atoms with Crippen molar-refractivity contribution in [1.29, 1.82) is 0 Å². The number of aliphatic hydroxyl groups excluding tert-OH is 4. The van der Waals surface area contributed by atoms with Gasteiger partial charge in [-0.1, -0.05) is 0 Å². The van der Waals surface area contributed by atoms with Gasteiger partial charge in [0.15, 0.2) is 24.1 Å². The summed E-state index contributed by atoms with van der Waals surface area (Å²) in [5.41, 5.74) is 2.21. The highest BCUT2D eigenvalue weighted by Gasteiger charge is 2.43. The maximum atomic E-state index is 13.2. The van der Waals surface area contributed by atoms with Crippen molar-refractivity contribution in [3.8, 4) is 0 Å². The van der Waals surface area contributed by atoms with E-state index in [9.17, 15) is 43.6 Å². The Morgan fingerprint density at radius 2 is 1.35 bits per heavy atom. The van der Waals surface area contributed by atoms with Gasteiger partial charge in [0.1, 0.15) is 24.4 Å². The fourth-order valence-corrected chi connectivity index (χ4v) is 3.40. The predicted molar refractivity (Wildman–Crippen MR) is 107 cm³/mol. The molecule has 0 aliphatic carbocycles. The number of ether oxygens (including phenoxy) is 2. The number of rotatable bonds is 2. The van der Waals surface area contributed by atoms with Crippen molar-refractivity contribution in [3.05, 3.63) is 55.4 Å². The molecular formula is C18H23F2N5O9. The molecule has 0 aromatic carbocycles. The van der Waals surface area contributed by atoms with Crippen molar-refractivity contribution >= 4 is 5.82 Å². The van der Waals surface area contributed by atoms with Crippen LogP contribution in [0.2, 0.25) is 0 Å². The number of nitrogens with zero attached hydrogens (tertiary/aromatic N) is 3. The first-order valence-electron chi connectivity index (χ1n) is 9.91. The van der Waals surface area contributed by atoms with Gasteiger partial charge in [0.25, 0.3) is 5.56 Å². The molecule has 2 fully saturated rings. The monoisotopic (exact) mass is 491 g/mol. The summed E-state index contributed by atoms with van der Waals surface area (Å²) in [5, 5.41) is 38.2. The maximum absolute atomic E-state index is 13.2. The number of anilines is 1. The molecule has 0 radical (unpaired) electrons. The summed E-state index contributed by atoms with van der Waals surface area (Å²) in [6.07, 6.45) is -7.34. The quantitative estimate of drug-likeness (QED) is 0.248. The normalized spacial score (nSPS) is 32.9. The highest BCUT2D eigenvalue weighted by Crippen LogP contribution is 2.28. The van der Waals surface area contributed by atoms with Crippen molar-refractivity contribution in [3.63, 3.8) is 0 Å². The van der Waals surface area contributed by atoms with Crippen LogP contribution in [0.1, 0.15) is 26.3 Å². The van der Waals surface area contributed by atoms with E-state index in [0.717, 1.165) is 10.8 Å². The van der Waals surface area contributed by atoms with Gasteiger partial charge in [-0.05, 0) is 13.8 Å². The first kappa shape index (κ1) is 25.6. The second-order valence-corrected chi connectivity index (χ2v) is 7.73. The maximum Gasteiger partial charge on any atom is 0.351 e. The van der Waals surface area contributed by atoms with Crippen LogP contribution in [0.3, 0.4) is 0 Å². The predicted octanol–water partition coefficient (Wildman–Crippen LogP) is -3.08. The van der Waals surface area contributed by atoms with Crippen molar-refractivity contribution in [2.24, 2.45) is 0 Å². The summed E-state index contributed by atoms with van der Waals surface area (Å²) in [7, 11) is 0. The molecular weight excluding hydrogens is 468 g/mol. The Morgan fingerprint density at radius 3 is 1.82 bits per heavy atom. The third kappa shape index (κ3) is 4.77. The molecule has 8 atom stereocenters. The molecule has 4 rings (SSSR count). The first-order chi connectivity index (χ1) is 15.8. The summed E-state index contributed by atoms with van der Waals surface area (Å²) >= 11 is 0. The van der Waals surface area contributed by atoms with Crippen LogP contribution in [0.15, 0.2) is 26.8 Å². The third-order valence-corrected chi connectivity index (χ3v) is 5.36. The minimum atomic E-state index is -1.37. The molecule has 2 aliphatic heterocycles. The number of nitrogens with two attached hydrogens (primary N) is 1. The highest BCUT2D eigenvalue weighted by molar-refractivity contribution is 5.26. The standard InChI is InChI=1S/C9H12FN3O4.C9H11FN2O5/c1-3-5(14)6(15)8(17-3)13-2-4(10)7(11)12-9(13)16;1-3-5(13)6(14)8(17-3)12-2-4(10)7(15)11-9(12)16/h2-3,5-6,8,14-15H,1H3,(H2,11,12,16);2-3,5-6,8,13-14H,1H3,(H,11,15,16)/t2*3-,5-,6-,8-/m11/s1. The molecule has 188 valence electrons. The van der Waals surface area contributed by atoms with Crippen molar-refractivity contribution in [2.75, 3.05) is 5.73 Å². The lowest BCUT2D eigenvalue weighted by atomic mass is 10.1. The lowest BCUT2D eigenvalue weighted by Crippen LogP contribution is -2.38. The molecule has 34 heavy (non-hydrogen) atoms. The van der Waals surface area contributed by atoms with Gasteiger partial charge in [0, 0.05) is 0 Å². The molecule has 2 aromatic heterocycles. The molecule has 0 saturated carbocycles. The number of nitrogens with one attached hydrogen (secondary N) is 1. The molecule has 0 spiro atoms. The van der Waals surface area contributed by atoms with Gasteiger partial charge in [0.05, 0.1) is 24.6 Å². The zero-order valence-corrected chi connectivity index (χ0v) is 17.8. The van der Waals surface area contributed by atoms with Crippen LogP contribution in [0.25, 0.3) is 0 Å². The minimum absolute atomic E-state index is 0.521. The molecule has 0 unspecified atom stereocenters. The van der Waals surface area contributed by atoms with Gasteiger partial charge < -0.3 is 35.6 Å². The number of hydrogen-bond acceptors (Lipinski definition) is 11. The summed E-state index contributed by atoms with van der Waals surface area (Å²) in [6.45, 7) is 3.03. The van der Waals surface area contributed by atoms with E-state index in [-0.39, 0.29) is 0 Å². The largest absolute Gasteiger partial charge is 0.388 e. The van der Waals surface area contributed by atoms with Crippen LogP contribution in [-0.2, 0) is 9.47 Å². The average Bonchev–Trinajstić information content (AvgIpc) is 3.18. The van der Waals surface area contributed by atoms with E-state index < -0.39 is 83.5 Å². The SMILES string of the molecule is C[C@H]1O[C@@H](n2cc(F)c(=O)[nH]c2=O)[C@H](O)[C@@H]1O.C[C@H]1O[C@@H](n2cc(F)c(N)nc2=O)[C@H](O)[C@@H]1O. The minimum Gasteiger partial charge on any atom is -0.388 e. The smallest absolute Gasteiger partial charge is 0.351 e. The number of aliphatic hydroxyl groups is 4. The van der Waals surface area contributed by atoms with Crippen LogP contribution in [0, 0.1) is 11.6 Å². The van der Waals surface area contributed by atoms with Crippen molar-refractivity contribution in [1.82, 2.24) is 19.1 Å². The number of hydrogen-bond donors (Lipinski definition) is 6. The Kier molecular flexibility index (Phi) is 7.29. The number of H-pyrrole nitrogens is 1. The summed E-state index contributed by atoms with van der Waals surface area (Å²) in [5.74, 6) is -2.59. The molecule has 0 amide bonds. The first-order valence-corrected chi connectivity index (χ1v) is 9.91. The van der Waals surface area contributed by atoms with Gasteiger partial charge in [-0.15, -0.1) is 0 Å². The van der Waals surface area contributed by atoms with E-state index in [4.69, 9.17) is 15.2 Å². The van der Waals surface area contributed by atoms with Gasteiger partial charge in [-0.2, -0.15) is 9.37 Å². The van der Waals surface area contributed by atoms with Crippen LogP contribution in [0.5, 0.6) is 0 Å². The second-order valence-electron chi connectivity index (χ2n) is 7.73. The van der Waals surface area contributed by atoms with Crippen molar-refractivity contribution < 1.29 is 38.7 Å². The van der Waals surface area contributed by atoms with Gasteiger partial charge >= 0.3 is 11.4 Å². The zero-order valence-electron chi connectivity index (χ0n) is 17.8. The van der Waals surface area contributed by atoms with Crippen molar-refractivity contribution in [2.45, 2.75) is 62.9 Å². The molecule has 0 bridgehead atoms. The van der Waals surface area contributed by atoms with E-state index in [1.807, 2.05) is 0 Å². The van der Waals surface area contributed by atoms with E-state index in [1.54, 1.807) is 4.98 Å². The summed E-state index contributed by atoms with van der Waals surface area (Å²) < 4.78 is 38.0. The Balaban J connectivity index is 0.000000191. The molecule has 4 heterocycles. The average molecular weight is 491 g/mol. The van der Waals surface area contributed by atoms with Crippen LogP contribution in [-0.4, -0.2) is 76.2 Å². The van der Waals surface area contributed by atoms with Gasteiger partial charge in [0.2, 0.25) is 5.82 Å². The van der Waals surface area contributed by atoms with E-state index in [0.29, 0.717) is 10.8 Å². The number of aromatic amines is 1. The fourth-order valence-electron chi connectivity index (χ4n) is 3.40. The summed E-state index contributed by atoms with van der Waals surface area (Å²) in [4.78, 5) is 38.7. The molecule has 2 aromatic rings. The molecule has 2 aliphatic rings. The van der Waals surface area contributed by atoms with Crippen LogP contribution in [0.4, 0.5) is 14.6 Å². The van der Waals surface area contributed by atoms with Crippen LogP contribution < -0.4 is 22.7 Å². The lowest BCUT2D eigenvalue weighted by molar-refractivity contribution is -0.0356. The van der Waals surface area contributed by atoms with Gasteiger partial charge in [-0.3, -0.25) is 18.9 Å². The molecule has 7 N–H and O–H groups in total. The Labute approximate surface area is 188 Å². The third-order valence-electron chi connectivity index (χ3n) is 5.36. The number of halogens is 2. The van der Waals surface area contributed by atoms with E-state index in [1.165, 1.54) is 13.8 Å². The van der Waals surface area contributed by atoms with Gasteiger partial charge in [-0.25, -0.2) is 14.0 Å². The molecule has 16 heteroatoms. The topological polar surface area (TPSA) is 215 Å². The summed E-state index contributed by atoms with van der Waals surface area (Å²) in [6, 6.07) is 0. The molecule has 14 nitrogen and oxygen atoms in total. The number of nitrogen functional groups attached to an aromatic ring is 1. The van der Waals surface area contributed by atoms with E-state index >= 15 is 0 Å². The Morgan fingerprint density at radius 1 is 0.882 bits per heavy atom. The number of aromatic nitrogens is 4. The Bertz CT molecular complexity index is 1220. The molecule has 2 saturated heterocycles. The zero-order chi connectivity index (χ0) is 25.5. The Hall–Kier alpha value is -3.02.